The van der Waals surface area contributed by atoms with Crippen molar-refractivity contribution in [1.82, 2.24) is 14.6 Å². The third-order valence-electron chi connectivity index (χ3n) is 7.39. The number of rotatable bonds is 12. The van der Waals surface area contributed by atoms with E-state index in [0.717, 1.165) is 53.6 Å². The average Bonchev–Trinajstić information content (AvgIpc) is 3.79. The molecule has 6 rings (SSSR count). The highest BCUT2D eigenvalue weighted by atomic mass is 32.2. The summed E-state index contributed by atoms with van der Waals surface area (Å²) in [4.78, 5) is 17.3. The molecule has 0 saturated carbocycles. The fourth-order valence-corrected chi connectivity index (χ4v) is 6.30. The molecule has 242 valence electrons. The van der Waals surface area contributed by atoms with E-state index in [1.54, 1.807) is 18.1 Å². The number of carbonyl (C=O) groups is 1. The van der Waals surface area contributed by atoms with Gasteiger partial charge in [-0.3, -0.25) is 4.98 Å². The van der Waals surface area contributed by atoms with Gasteiger partial charge in [-0.25, -0.2) is 9.10 Å². The summed E-state index contributed by atoms with van der Waals surface area (Å²) in [6.07, 6.45) is 4.48. The largest absolute Gasteiger partial charge is 0.489 e. The van der Waals surface area contributed by atoms with Gasteiger partial charge in [0.2, 0.25) is 6.79 Å². The van der Waals surface area contributed by atoms with Crippen molar-refractivity contribution in [3.05, 3.63) is 78.1 Å². The summed E-state index contributed by atoms with van der Waals surface area (Å²) >= 11 is 1.70. The van der Waals surface area contributed by atoms with Gasteiger partial charge >= 0.3 is 6.09 Å². The summed E-state index contributed by atoms with van der Waals surface area (Å²) in [5.74, 6) is 3.17. The monoisotopic (exact) mass is 637 g/mol. The minimum absolute atomic E-state index is 0.162. The van der Waals surface area contributed by atoms with Crippen LogP contribution < -0.4 is 19.5 Å². The molecule has 1 amide bonds. The first-order chi connectivity index (χ1) is 21.9. The molecule has 45 heavy (non-hydrogen) atoms. The van der Waals surface area contributed by atoms with E-state index in [0.29, 0.717) is 32.3 Å². The van der Waals surface area contributed by atoms with Gasteiger partial charge in [0.1, 0.15) is 18.5 Å². The summed E-state index contributed by atoms with van der Waals surface area (Å²) in [6.45, 7) is 10.8. The Morgan fingerprint density at radius 3 is 2.76 bits per heavy atom. The van der Waals surface area contributed by atoms with Gasteiger partial charge in [-0.1, -0.05) is 37.6 Å². The van der Waals surface area contributed by atoms with Crippen LogP contribution in [0, 0.1) is 18.8 Å². The van der Waals surface area contributed by atoms with Crippen molar-refractivity contribution in [2.75, 3.05) is 39.6 Å². The van der Waals surface area contributed by atoms with Gasteiger partial charge in [-0.2, -0.15) is 0 Å². The zero-order valence-electron chi connectivity index (χ0n) is 26.2. The molecular formula is C34H43N3O7S. The number of aromatic nitrogens is 1. The number of fused-ring (bicyclic) bond motifs is 2. The van der Waals surface area contributed by atoms with Gasteiger partial charge in [0, 0.05) is 42.5 Å². The zero-order chi connectivity index (χ0) is 31.4. The van der Waals surface area contributed by atoms with Crippen LogP contribution in [0.15, 0.2) is 71.9 Å². The number of nitrogens with zero attached hydrogens (tertiary/aromatic N) is 2. The number of amides is 1. The molecule has 10 nitrogen and oxygen atoms in total. The minimum atomic E-state index is -0.380. The first-order valence-electron chi connectivity index (χ1n) is 15.5. The molecule has 1 aromatic heterocycles. The van der Waals surface area contributed by atoms with Gasteiger partial charge in [0.25, 0.3) is 0 Å². The minimum Gasteiger partial charge on any atom is -0.489 e. The highest BCUT2D eigenvalue weighted by Crippen LogP contribution is 2.37. The fraction of sp³-hybridized carbons (Fsp3) is 0.471. The Hall–Kier alpha value is -3.51. The molecule has 11 heteroatoms. The van der Waals surface area contributed by atoms with E-state index in [1.165, 1.54) is 5.56 Å². The summed E-state index contributed by atoms with van der Waals surface area (Å²) in [7, 11) is 0. The molecule has 3 aliphatic heterocycles. The third kappa shape index (κ3) is 10.3. The molecule has 3 aliphatic rings. The Labute approximate surface area is 269 Å². The number of ether oxygens (including phenoxy) is 6. The Kier molecular flexibility index (Phi) is 12.2. The van der Waals surface area contributed by atoms with Gasteiger partial charge in [0.15, 0.2) is 17.8 Å². The molecule has 2 saturated heterocycles. The Morgan fingerprint density at radius 2 is 1.96 bits per heavy atom. The van der Waals surface area contributed by atoms with Crippen molar-refractivity contribution in [2.45, 2.75) is 57.5 Å². The number of aryl methyl sites for hydroxylation is 1. The Balaban J connectivity index is 0.000000223. The molecular weight excluding hydrogens is 594 g/mol. The molecule has 1 N–H and O–H groups in total. The lowest BCUT2D eigenvalue weighted by atomic mass is 10.0. The Bertz CT molecular complexity index is 1350. The molecule has 0 bridgehead atoms. The summed E-state index contributed by atoms with van der Waals surface area (Å²) in [5, 5.41) is 2.87. The predicted octanol–water partition coefficient (Wildman–Crippen LogP) is 6.23. The van der Waals surface area contributed by atoms with E-state index in [4.69, 9.17) is 28.4 Å². The first-order valence-corrected chi connectivity index (χ1v) is 16.3. The lowest BCUT2D eigenvalue weighted by Gasteiger charge is -2.23. The first kappa shape index (κ1) is 32.9. The molecule has 1 unspecified atom stereocenters. The second kappa shape index (κ2) is 16.7. The van der Waals surface area contributed by atoms with E-state index in [9.17, 15) is 4.79 Å². The van der Waals surface area contributed by atoms with Gasteiger partial charge in [-0.05, 0) is 74.0 Å². The topological polar surface area (TPSA) is 101 Å². The predicted molar refractivity (Wildman–Crippen MR) is 171 cm³/mol. The molecule has 2 aromatic carbocycles. The number of alkyl carbamates (subject to hydrolysis) is 1. The van der Waals surface area contributed by atoms with E-state index in [2.05, 4.69) is 35.4 Å². The van der Waals surface area contributed by atoms with Gasteiger partial charge in [-0.15, -0.1) is 0 Å². The van der Waals surface area contributed by atoms with Crippen LogP contribution in [-0.4, -0.2) is 67.4 Å². The van der Waals surface area contributed by atoms with Crippen LogP contribution in [0.3, 0.4) is 0 Å². The summed E-state index contributed by atoms with van der Waals surface area (Å²) < 4.78 is 35.3. The second-order valence-electron chi connectivity index (χ2n) is 11.6. The van der Waals surface area contributed by atoms with Crippen LogP contribution >= 0.6 is 11.9 Å². The number of hydrogen-bond acceptors (Lipinski definition) is 10. The number of carbonyl (C=O) groups excluding carboxylic acids is 1. The van der Waals surface area contributed by atoms with Crippen LogP contribution in [0.4, 0.5) is 4.79 Å². The molecule has 2 fully saturated rings. The van der Waals surface area contributed by atoms with Crippen LogP contribution in [0.5, 0.6) is 17.2 Å². The normalized spacial score (nSPS) is 19.6. The number of benzene rings is 2. The highest BCUT2D eigenvalue weighted by molar-refractivity contribution is 7.97. The van der Waals surface area contributed by atoms with E-state index in [-0.39, 0.29) is 31.2 Å². The van der Waals surface area contributed by atoms with Gasteiger partial charge < -0.3 is 33.7 Å². The maximum atomic E-state index is 12.1. The standard InChI is InChI=1S/C21H30N2O6S.C13H13NO/c1-14(2)11-23(30-15-4-5-17-18(10-15)28-13-27-17)8-3-7-22-21(24)29-19-12-26-20-16(19)6-9-25-20;1-11-4-6-13(7-5-11)15-10-12-3-2-8-14-9-12/h4-5,10,14,16,19-20H,3,6-9,11-13H2,1-2H3,(H,22,24);2-9H,10H2,1H3/t16-,19?,20+;/m0./s1. The van der Waals surface area contributed by atoms with Crippen molar-refractivity contribution in [3.8, 4) is 17.2 Å². The molecule has 3 atom stereocenters. The third-order valence-corrected chi connectivity index (χ3v) is 8.45. The van der Waals surface area contributed by atoms with Crippen molar-refractivity contribution >= 4 is 18.0 Å². The maximum absolute atomic E-state index is 12.1. The second-order valence-corrected chi connectivity index (χ2v) is 12.8. The molecule has 0 spiro atoms. The van der Waals surface area contributed by atoms with Gasteiger partial charge in [0.05, 0.1) is 19.1 Å². The van der Waals surface area contributed by atoms with Crippen molar-refractivity contribution in [1.29, 1.82) is 0 Å². The van der Waals surface area contributed by atoms with E-state index in [1.807, 2.05) is 60.8 Å². The summed E-state index contributed by atoms with van der Waals surface area (Å²) in [5.41, 5.74) is 2.32. The van der Waals surface area contributed by atoms with Crippen molar-refractivity contribution < 1.29 is 33.2 Å². The molecule has 0 aliphatic carbocycles. The highest BCUT2D eigenvalue weighted by Gasteiger charge is 2.43. The molecule has 0 radical (unpaired) electrons. The maximum Gasteiger partial charge on any atom is 0.407 e. The van der Waals surface area contributed by atoms with Crippen LogP contribution in [-0.2, 0) is 20.8 Å². The number of hydrogen-bond donors (Lipinski definition) is 1. The van der Waals surface area contributed by atoms with Crippen molar-refractivity contribution in [3.63, 3.8) is 0 Å². The SMILES string of the molecule is CC(C)CN(CCCNC(=O)OC1CO[C@H]2OCC[C@@H]12)Sc1ccc2c(c1)OCO2.Cc1ccc(OCc2cccnc2)cc1. The molecule has 3 aromatic rings. The molecule has 4 heterocycles. The van der Waals surface area contributed by atoms with Crippen LogP contribution in [0.2, 0.25) is 0 Å². The lowest BCUT2D eigenvalue weighted by molar-refractivity contribution is -0.0907. The quantitative estimate of drug-likeness (QED) is 0.182. The average molecular weight is 638 g/mol. The van der Waals surface area contributed by atoms with E-state index >= 15 is 0 Å². The van der Waals surface area contributed by atoms with E-state index < -0.39 is 0 Å². The fourth-order valence-electron chi connectivity index (χ4n) is 5.12. The Morgan fingerprint density at radius 1 is 1.11 bits per heavy atom. The number of pyridine rings is 1. The van der Waals surface area contributed by atoms with Crippen molar-refractivity contribution in [2.24, 2.45) is 11.8 Å². The smallest absolute Gasteiger partial charge is 0.407 e. The number of nitrogens with one attached hydrogen (secondary N) is 1. The zero-order valence-corrected chi connectivity index (χ0v) is 27.0. The van der Waals surface area contributed by atoms with Crippen LogP contribution in [0.1, 0.15) is 37.8 Å². The lowest BCUT2D eigenvalue weighted by Crippen LogP contribution is -2.34. The van der Waals surface area contributed by atoms with Crippen LogP contribution in [0.25, 0.3) is 0 Å². The summed E-state index contributed by atoms with van der Waals surface area (Å²) in [6, 6.07) is 18.0.